The van der Waals surface area contributed by atoms with Crippen LogP contribution in [0.2, 0.25) is 5.02 Å². The fraction of sp³-hybridized carbons (Fsp3) is 0.538. The molecule has 1 heterocycles. The number of benzene rings is 1. The van der Waals surface area contributed by atoms with Gasteiger partial charge in [-0.25, -0.2) is 0 Å². The minimum atomic E-state index is 0.271. The molecule has 0 saturated carbocycles. The summed E-state index contributed by atoms with van der Waals surface area (Å²) < 4.78 is 5.59. The molecule has 2 N–H and O–H groups in total. The Kier molecular flexibility index (Phi) is 3.92. The normalized spacial score (nSPS) is 24.0. The molecule has 0 radical (unpaired) electrons. The Morgan fingerprint density at radius 1 is 1.53 bits per heavy atom. The average molecular weight is 255 g/mol. The van der Waals surface area contributed by atoms with Gasteiger partial charge in [-0.05, 0) is 31.0 Å². The number of likely N-dealkylation sites (N-methyl/N-ethyl adjacent to an activating group) is 1. The maximum absolute atomic E-state index is 6.18. The molecule has 2 unspecified atom stereocenters. The van der Waals surface area contributed by atoms with Crippen LogP contribution in [0.5, 0.6) is 0 Å². The molecule has 1 aromatic carbocycles. The van der Waals surface area contributed by atoms with Crippen LogP contribution < -0.4 is 10.6 Å². The molecule has 17 heavy (non-hydrogen) atoms. The fourth-order valence-corrected chi connectivity index (χ4v) is 2.59. The van der Waals surface area contributed by atoms with Gasteiger partial charge in [0.25, 0.3) is 0 Å². The highest BCUT2D eigenvalue weighted by Gasteiger charge is 2.28. The summed E-state index contributed by atoms with van der Waals surface area (Å²) in [4.78, 5) is 2.24. The first kappa shape index (κ1) is 12.7. The number of anilines is 1. The zero-order valence-corrected chi connectivity index (χ0v) is 11.1. The van der Waals surface area contributed by atoms with E-state index in [1.54, 1.807) is 0 Å². The molecule has 2 rings (SSSR count). The lowest BCUT2D eigenvalue weighted by molar-refractivity contribution is 0.118. The van der Waals surface area contributed by atoms with Crippen LogP contribution in [-0.4, -0.2) is 25.8 Å². The Balaban J connectivity index is 2.19. The van der Waals surface area contributed by atoms with Crippen molar-refractivity contribution >= 4 is 17.3 Å². The molecule has 1 aromatic rings. The van der Waals surface area contributed by atoms with Crippen LogP contribution in [0.15, 0.2) is 18.2 Å². The van der Waals surface area contributed by atoms with E-state index in [9.17, 15) is 0 Å². The first-order valence-electron chi connectivity index (χ1n) is 5.96. The Labute approximate surface area is 107 Å². The van der Waals surface area contributed by atoms with Gasteiger partial charge in [0, 0.05) is 30.9 Å². The highest BCUT2D eigenvalue weighted by Crippen LogP contribution is 2.27. The predicted octanol–water partition coefficient (Wildman–Crippen LogP) is 2.41. The number of ether oxygens (including phenoxy) is 1. The van der Waals surface area contributed by atoms with Crippen molar-refractivity contribution in [3.8, 4) is 0 Å². The maximum atomic E-state index is 6.18. The molecule has 2 atom stereocenters. The summed E-state index contributed by atoms with van der Waals surface area (Å²) >= 11 is 6.18. The molecule has 0 amide bonds. The number of hydrogen-bond acceptors (Lipinski definition) is 3. The van der Waals surface area contributed by atoms with Crippen LogP contribution in [0.25, 0.3) is 0 Å². The molecule has 1 aliphatic heterocycles. The van der Waals surface area contributed by atoms with Crippen molar-refractivity contribution < 1.29 is 4.74 Å². The van der Waals surface area contributed by atoms with Crippen molar-refractivity contribution in [1.82, 2.24) is 0 Å². The summed E-state index contributed by atoms with van der Waals surface area (Å²) in [6.07, 6.45) is 1.33. The summed E-state index contributed by atoms with van der Waals surface area (Å²) in [6.45, 7) is 3.43. The topological polar surface area (TPSA) is 38.5 Å². The Morgan fingerprint density at radius 3 is 2.82 bits per heavy atom. The van der Waals surface area contributed by atoms with E-state index in [4.69, 9.17) is 22.1 Å². The quantitative estimate of drug-likeness (QED) is 0.900. The van der Waals surface area contributed by atoms with Crippen molar-refractivity contribution in [2.45, 2.75) is 32.0 Å². The molecule has 4 heteroatoms. The highest BCUT2D eigenvalue weighted by molar-refractivity contribution is 6.31. The molecule has 0 spiro atoms. The number of nitrogens with zero attached hydrogens (tertiary/aromatic N) is 1. The van der Waals surface area contributed by atoms with E-state index in [1.807, 2.05) is 12.1 Å². The van der Waals surface area contributed by atoms with Crippen molar-refractivity contribution in [1.29, 1.82) is 0 Å². The van der Waals surface area contributed by atoms with E-state index in [2.05, 4.69) is 24.9 Å². The average Bonchev–Trinajstić information content (AvgIpc) is 2.74. The van der Waals surface area contributed by atoms with Gasteiger partial charge in [-0.1, -0.05) is 17.7 Å². The van der Waals surface area contributed by atoms with E-state index >= 15 is 0 Å². The molecule has 1 aliphatic rings. The monoisotopic (exact) mass is 254 g/mol. The van der Waals surface area contributed by atoms with Crippen LogP contribution in [0.3, 0.4) is 0 Å². The third kappa shape index (κ3) is 2.57. The summed E-state index contributed by atoms with van der Waals surface area (Å²) in [7, 11) is 2.09. The largest absolute Gasteiger partial charge is 0.376 e. The molecular weight excluding hydrogens is 236 g/mol. The van der Waals surface area contributed by atoms with Gasteiger partial charge in [0.2, 0.25) is 0 Å². The Hall–Kier alpha value is -0.770. The number of hydrogen-bond donors (Lipinski definition) is 1. The fourth-order valence-electron chi connectivity index (χ4n) is 2.34. The van der Waals surface area contributed by atoms with Crippen LogP contribution in [-0.2, 0) is 11.3 Å². The van der Waals surface area contributed by atoms with E-state index in [0.717, 1.165) is 29.3 Å². The summed E-state index contributed by atoms with van der Waals surface area (Å²) in [5, 5.41) is 0.739. The second kappa shape index (κ2) is 5.25. The van der Waals surface area contributed by atoms with Gasteiger partial charge < -0.3 is 15.4 Å². The third-order valence-electron chi connectivity index (χ3n) is 3.50. The van der Waals surface area contributed by atoms with E-state index in [1.165, 1.54) is 0 Å². The van der Waals surface area contributed by atoms with Crippen LogP contribution >= 0.6 is 11.6 Å². The predicted molar refractivity (Wildman–Crippen MR) is 71.6 cm³/mol. The van der Waals surface area contributed by atoms with Gasteiger partial charge in [-0.15, -0.1) is 0 Å². The van der Waals surface area contributed by atoms with Gasteiger partial charge in [-0.3, -0.25) is 0 Å². The lowest BCUT2D eigenvalue weighted by Crippen LogP contribution is -2.36. The van der Waals surface area contributed by atoms with Crippen LogP contribution in [0.4, 0.5) is 5.69 Å². The summed E-state index contributed by atoms with van der Waals surface area (Å²) in [5.41, 5.74) is 7.71. The molecule has 0 aromatic heterocycles. The van der Waals surface area contributed by atoms with Crippen molar-refractivity contribution in [2.24, 2.45) is 5.73 Å². The molecule has 0 bridgehead atoms. The molecule has 3 nitrogen and oxygen atoms in total. The van der Waals surface area contributed by atoms with Gasteiger partial charge in [0.15, 0.2) is 0 Å². The summed E-state index contributed by atoms with van der Waals surface area (Å²) in [5.74, 6) is 0. The van der Waals surface area contributed by atoms with Crippen LogP contribution in [0.1, 0.15) is 18.9 Å². The van der Waals surface area contributed by atoms with Crippen molar-refractivity contribution in [3.05, 3.63) is 28.8 Å². The van der Waals surface area contributed by atoms with Gasteiger partial charge in [0.05, 0.1) is 12.1 Å². The number of nitrogens with two attached hydrogens (primary N) is 1. The van der Waals surface area contributed by atoms with Crippen molar-refractivity contribution in [2.75, 3.05) is 18.6 Å². The standard InChI is InChI=1S/C13H19ClN2O/c1-9-13(5-6-17-9)16(2)11-4-3-10(8-15)12(14)7-11/h3-4,7,9,13H,5-6,8,15H2,1-2H3. The van der Waals surface area contributed by atoms with Gasteiger partial charge in [0.1, 0.15) is 0 Å². The van der Waals surface area contributed by atoms with Crippen molar-refractivity contribution in [3.63, 3.8) is 0 Å². The Morgan fingerprint density at radius 2 is 2.29 bits per heavy atom. The number of rotatable bonds is 3. The second-order valence-electron chi connectivity index (χ2n) is 4.52. The minimum Gasteiger partial charge on any atom is -0.376 e. The summed E-state index contributed by atoms with van der Waals surface area (Å²) in [6, 6.07) is 6.47. The zero-order chi connectivity index (χ0) is 12.4. The maximum Gasteiger partial charge on any atom is 0.0750 e. The lowest BCUT2D eigenvalue weighted by atomic mass is 10.1. The SMILES string of the molecule is CC1OCCC1N(C)c1ccc(CN)c(Cl)c1. The number of halogens is 1. The lowest BCUT2D eigenvalue weighted by Gasteiger charge is -2.29. The van der Waals surface area contributed by atoms with Crippen LogP contribution in [0, 0.1) is 0 Å². The van der Waals surface area contributed by atoms with E-state index in [-0.39, 0.29) is 6.10 Å². The molecule has 1 saturated heterocycles. The van der Waals surface area contributed by atoms with E-state index in [0.29, 0.717) is 12.6 Å². The molecular formula is C13H19ClN2O. The Bertz CT molecular complexity index is 397. The molecule has 0 aliphatic carbocycles. The molecule has 1 fully saturated rings. The zero-order valence-electron chi connectivity index (χ0n) is 10.3. The first-order valence-corrected chi connectivity index (χ1v) is 6.34. The van der Waals surface area contributed by atoms with Gasteiger partial charge >= 0.3 is 0 Å². The van der Waals surface area contributed by atoms with E-state index < -0.39 is 0 Å². The second-order valence-corrected chi connectivity index (χ2v) is 4.93. The van der Waals surface area contributed by atoms with Gasteiger partial charge in [-0.2, -0.15) is 0 Å². The first-order chi connectivity index (χ1) is 8.13. The highest BCUT2D eigenvalue weighted by atomic mass is 35.5. The smallest absolute Gasteiger partial charge is 0.0750 e. The molecule has 94 valence electrons. The minimum absolute atomic E-state index is 0.271. The third-order valence-corrected chi connectivity index (χ3v) is 3.85.